The molecule has 1 aromatic heterocycles. The first-order valence-electron chi connectivity index (χ1n) is 7.37. The number of rotatable bonds is 6. The maximum atomic E-state index is 13.1. The van der Waals surface area contributed by atoms with Crippen LogP contribution in [0, 0.1) is 5.82 Å². The lowest BCUT2D eigenvalue weighted by atomic mass is 10.1. The predicted octanol–water partition coefficient (Wildman–Crippen LogP) is 1.29. The highest BCUT2D eigenvalue weighted by Crippen LogP contribution is 2.08. The lowest BCUT2D eigenvalue weighted by Gasteiger charge is -2.17. The third-order valence-electron chi connectivity index (χ3n) is 3.27. The molecule has 1 heterocycles. The molecule has 0 saturated carbocycles. The second-order valence-electron chi connectivity index (χ2n) is 5.31. The van der Waals surface area contributed by atoms with Gasteiger partial charge in [0.1, 0.15) is 17.6 Å². The fourth-order valence-electron chi connectivity index (χ4n) is 2.16. The van der Waals surface area contributed by atoms with E-state index in [9.17, 15) is 19.1 Å². The van der Waals surface area contributed by atoms with Crippen molar-refractivity contribution in [2.24, 2.45) is 0 Å². The van der Waals surface area contributed by atoms with E-state index in [4.69, 9.17) is 0 Å². The average Bonchev–Trinajstić information content (AvgIpc) is 2.54. The van der Waals surface area contributed by atoms with Crippen LogP contribution in [0.1, 0.15) is 18.2 Å². The largest absolute Gasteiger partial charge is 0.506 e. The van der Waals surface area contributed by atoms with Crippen LogP contribution >= 0.6 is 0 Å². The first kappa shape index (κ1) is 17.4. The minimum atomic E-state index is -0.812. The van der Waals surface area contributed by atoms with E-state index >= 15 is 0 Å². The molecular formula is C17H18FN3O3. The molecule has 0 fully saturated rings. The molecule has 24 heavy (non-hydrogen) atoms. The molecule has 0 aliphatic rings. The van der Waals surface area contributed by atoms with Crippen LogP contribution in [0.4, 0.5) is 4.39 Å². The number of carbonyl (C=O) groups excluding carboxylic acids is 2. The molecule has 0 unspecified atom stereocenters. The van der Waals surface area contributed by atoms with Gasteiger partial charge in [0.2, 0.25) is 11.8 Å². The van der Waals surface area contributed by atoms with Crippen LogP contribution in [0.15, 0.2) is 42.6 Å². The van der Waals surface area contributed by atoms with Gasteiger partial charge < -0.3 is 15.7 Å². The molecule has 0 spiro atoms. The van der Waals surface area contributed by atoms with Crippen molar-refractivity contribution in [3.63, 3.8) is 0 Å². The lowest BCUT2D eigenvalue weighted by Crippen LogP contribution is -2.47. The number of carbonyl (C=O) groups is 2. The first-order chi connectivity index (χ1) is 11.4. The number of aromatic nitrogens is 1. The molecule has 1 atom stereocenters. The molecule has 3 N–H and O–H groups in total. The van der Waals surface area contributed by atoms with Crippen LogP contribution < -0.4 is 10.6 Å². The van der Waals surface area contributed by atoms with Gasteiger partial charge in [0.25, 0.3) is 0 Å². The van der Waals surface area contributed by atoms with Crippen molar-refractivity contribution in [2.75, 3.05) is 0 Å². The van der Waals surface area contributed by atoms with Gasteiger partial charge in [-0.3, -0.25) is 14.6 Å². The second kappa shape index (κ2) is 8.05. The zero-order valence-corrected chi connectivity index (χ0v) is 13.1. The molecule has 1 aromatic carbocycles. The van der Waals surface area contributed by atoms with Crippen molar-refractivity contribution in [3.05, 3.63) is 59.7 Å². The summed E-state index contributed by atoms with van der Waals surface area (Å²) >= 11 is 0. The Labute approximate surface area is 138 Å². The minimum absolute atomic E-state index is 0.0189. The molecule has 126 valence electrons. The second-order valence-corrected chi connectivity index (χ2v) is 5.31. The fourth-order valence-corrected chi connectivity index (χ4v) is 2.16. The topological polar surface area (TPSA) is 91.3 Å². The van der Waals surface area contributed by atoms with E-state index in [0.717, 1.165) is 0 Å². The maximum Gasteiger partial charge on any atom is 0.243 e. The normalized spacial score (nSPS) is 11.6. The summed E-state index contributed by atoms with van der Waals surface area (Å²) in [6.07, 6.45) is 1.44. The summed E-state index contributed by atoms with van der Waals surface area (Å²) in [4.78, 5) is 27.6. The summed E-state index contributed by atoms with van der Waals surface area (Å²) in [5.74, 6) is -1.11. The van der Waals surface area contributed by atoms with Gasteiger partial charge in [-0.2, -0.15) is 0 Å². The highest BCUT2D eigenvalue weighted by atomic mass is 19.1. The molecule has 0 radical (unpaired) electrons. The van der Waals surface area contributed by atoms with Crippen molar-refractivity contribution < 1.29 is 19.1 Å². The van der Waals surface area contributed by atoms with Gasteiger partial charge in [0, 0.05) is 25.6 Å². The van der Waals surface area contributed by atoms with E-state index in [0.29, 0.717) is 11.3 Å². The number of nitrogens with zero attached hydrogens (tertiary/aromatic N) is 1. The Balaban J connectivity index is 2.01. The first-order valence-corrected chi connectivity index (χ1v) is 7.37. The standard InChI is InChI=1S/C17H18FN3O3/c1-11(22)21-16(8-14-5-6-15(23)10-19-14)17(24)20-9-12-3-2-4-13(18)7-12/h2-7,10,16,23H,8-9H2,1H3,(H,20,24)(H,21,22)/t16-/m0/s1. The Kier molecular flexibility index (Phi) is 5.83. The molecule has 2 rings (SSSR count). The minimum Gasteiger partial charge on any atom is -0.506 e. The van der Waals surface area contributed by atoms with Crippen LogP contribution in [-0.4, -0.2) is 27.9 Å². The van der Waals surface area contributed by atoms with E-state index in [1.165, 1.54) is 31.3 Å². The van der Waals surface area contributed by atoms with Crippen LogP contribution in [-0.2, 0) is 22.6 Å². The number of aromatic hydroxyl groups is 1. The molecule has 0 bridgehead atoms. The number of amides is 2. The molecule has 2 aromatic rings. The van der Waals surface area contributed by atoms with Gasteiger partial charge in [0.15, 0.2) is 0 Å². The van der Waals surface area contributed by atoms with Crippen molar-refractivity contribution in [1.29, 1.82) is 0 Å². The van der Waals surface area contributed by atoms with Gasteiger partial charge in [0.05, 0.1) is 6.20 Å². The zero-order chi connectivity index (χ0) is 17.5. The SMILES string of the molecule is CC(=O)N[C@@H](Cc1ccc(O)cn1)C(=O)NCc1cccc(F)c1. The smallest absolute Gasteiger partial charge is 0.243 e. The Hall–Kier alpha value is -2.96. The van der Waals surface area contributed by atoms with E-state index in [-0.39, 0.29) is 30.4 Å². The van der Waals surface area contributed by atoms with E-state index in [1.807, 2.05) is 0 Å². The summed E-state index contributed by atoms with van der Waals surface area (Å²) in [6, 6.07) is 8.12. The van der Waals surface area contributed by atoms with Crippen molar-refractivity contribution in [1.82, 2.24) is 15.6 Å². The van der Waals surface area contributed by atoms with Gasteiger partial charge >= 0.3 is 0 Å². The number of hydrogen-bond donors (Lipinski definition) is 3. The monoisotopic (exact) mass is 331 g/mol. The number of hydrogen-bond acceptors (Lipinski definition) is 4. The summed E-state index contributed by atoms with van der Waals surface area (Å²) in [7, 11) is 0. The highest BCUT2D eigenvalue weighted by molar-refractivity contribution is 5.87. The number of nitrogens with one attached hydrogen (secondary N) is 2. The molecule has 0 saturated heterocycles. The molecule has 0 aliphatic carbocycles. The summed E-state index contributed by atoms with van der Waals surface area (Å²) in [5, 5.41) is 14.5. The summed E-state index contributed by atoms with van der Waals surface area (Å²) in [6.45, 7) is 1.47. The van der Waals surface area contributed by atoms with Gasteiger partial charge in [-0.15, -0.1) is 0 Å². The van der Waals surface area contributed by atoms with Crippen LogP contribution in [0.2, 0.25) is 0 Å². The summed E-state index contributed by atoms with van der Waals surface area (Å²) < 4.78 is 13.1. The number of benzene rings is 1. The molecule has 0 aliphatic heterocycles. The number of pyridine rings is 1. The van der Waals surface area contributed by atoms with Gasteiger partial charge in [-0.05, 0) is 29.8 Å². The molecule has 6 nitrogen and oxygen atoms in total. The Morgan fingerprint density at radius 1 is 1.29 bits per heavy atom. The average molecular weight is 331 g/mol. The summed E-state index contributed by atoms with van der Waals surface area (Å²) in [5.41, 5.74) is 1.17. The van der Waals surface area contributed by atoms with Crippen molar-refractivity contribution in [2.45, 2.75) is 25.9 Å². The fraction of sp³-hybridized carbons (Fsp3) is 0.235. The molecule has 2 amide bonds. The predicted molar refractivity (Wildman–Crippen MR) is 85.5 cm³/mol. The van der Waals surface area contributed by atoms with Crippen LogP contribution in [0.5, 0.6) is 5.75 Å². The third-order valence-corrected chi connectivity index (χ3v) is 3.27. The van der Waals surface area contributed by atoms with Gasteiger partial charge in [-0.1, -0.05) is 12.1 Å². The Morgan fingerprint density at radius 2 is 2.08 bits per heavy atom. The maximum absolute atomic E-state index is 13.1. The lowest BCUT2D eigenvalue weighted by molar-refractivity contribution is -0.128. The molecular weight excluding hydrogens is 313 g/mol. The van der Waals surface area contributed by atoms with Crippen molar-refractivity contribution in [3.8, 4) is 5.75 Å². The van der Waals surface area contributed by atoms with Crippen LogP contribution in [0.3, 0.4) is 0 Å². The van der Waals surface area contributed by atoms with Crippen LogP contribution in [0.25, 0.3) is 0 Å². The number of halogens is 1. The van der Waals surface area contributed by atoms with Crippen molar-refractivity contribution >= 4 is 11.8 Å². The Bertz CT molecular complexity index is 719. The molecule has 7 heteroatoms. The Morgan fingerprint density at radius 3 is 2.71 bits per heavy atom. The van der Waals surface area contributed by atoms with E-state index in [1.54, 1.807) is 18.2 Å². The van der Waals surface area contributed by atoms with Gasteiger partial charge in [-0.25, -0.2) is 4.39 Å². The highest BCUT2D eigenvalue weighted by Gasteiger charge is 2.20. The quantitative estimate of drug-likeness (QED) is 0.744. The van der Waals surface area contributed by atoms with E-state index < -0.39 is 11.9 Å². The third kappa shape index (κ3) is 5.35. The van der Waals surface area contributed by atoms with E-state index in [2.05, 4.69) is 15.6 Å². The zero-order valence-electron chi connectivity index (χ0n) is 13.1.